The first-order valence-corrected chi connectivity index (χ1v) is 11.9. The Morgan fingerprint density at radius 1 is 1.07 bits per heavy atom. The normalized spacial score (nSPS) is 26.2. The highest BCUT2D eigenvalue weighted by atomic mass is 32.2. The lowest BCUT2D eigenvalue weighted by molar-refractivity contribution is -0.918. The number of hydrogen-bond donors (Lipinski definition) is 1. The molecule has 1 N–H and O–H groups in total. The fourth-order valence-corrected chi connectivity index (χ4v) is 6.00. The van der Waals surface area contributed by atoms with E-state index >= 15 is 0 Å². The van der Waals surface area contributed by atoms with Gasteiger partial charge < -0.3 is 9.80 Å². The number of quaternary nitrogens is 1. The number of carbonyl (C=O) groups is 1. The van der Waals surface area contributed by atoms with E-state index in [9.17, 15) is 13.2 Å². The van der Waals surface area contributed by atoms with Gasteiger partial charge >= 0.3 is 0 Å². The van der Waals surface area contributed by atoms with Crippen LogP contribution in [-0.2, 0) is 14.8 Å². The van der Waals surface area contributed by atoms with Crippen LogP contribution >= 0.6 is 0 Å². The molecule has 0 radical (unpaired) electrons. The monoisotopic (exact) mass is 408 g/mol. The van der Waals surface area contributed by atoms with Gasteiger partial charge in [0.25, 0.3) is 5.91 Å². The molecule has 2 heterocycles. The second-order valence-electron chi connectivity index (χ2n) is 8.47. The molecule has 0 saturated carbocycles. The molecule has 1 aromatic rings. The minimum Gasteiger partial charge on any atom is -0.332 e. The van der Waals surface area contributed by atoms with Crippen molar-refractivity contribution in [3.63, 3.8) is 0 Å². The third kappa shape index (κ3) is 4.26. The minimum absolute atomic E-state index is 0.132. The van der Waals surface area contributed by atoms with Crippen molar-refractivity contribution in [2.24, 2.45) is 0 Å². The van der Waals surface area contributed by atoms with Crippen molar-refractivity contribution in [3.05, 3.63) is 29.8 Å². The number of aryl methyl sites for hydroxylation is 1. The second kappa shape index (κ2) is 8.51. The van der Waals surface area contributed by atoms with Crippen LogP contribution in [-0.4, -0.2) is 67.8 Å². The van der Waals surface area contributed by atoms with Gasteiger partial charge in [-0.05, 0) is 59.1 Å². The zero-order valence-corrected chi connectivity index (χ0v) is 18.3. The van der Waals surface area contributed by atoms with E-state index in [0.717, 1.165) is 18.4 Å². The van der Waals surface area contributed by atoms with Crippen molar-refractivity contribution in [1.29, 1.82) is 0 Å². The summed E-state index contributed by atoms with van der Waals surface area (Å²) < 4.78 is 27.3. The van der Waals surface area contributed by atoms with Crippen LogP contribution in [0.5, 0.6) is 0 Å². The Morgan fingerprint density at radius 3 is 2.14 bits per heavy atom. The molecule has 28 heavy (non-hydrogen) atoms. The molecule has 156 valence electrons. The average Bonchev–Trinajstić information content (AvgIpc) is 2.67. The number of piperidine rings is 1. The molecule has 7 heteroatoms. The summed E-state index contributed by atoms with van der Waals surface area (Å²) in [5.74, 6) is 0.213. The highest BCUT2D eigenvalue weighted by Crippen LogP contribution is 2.23. The summed E-state index contributed by atoms with van der Waals surface area (Å²) in [7, 11) is -3.46. The van der Waals surface area contributed by atoms with Crippen LogP contribution < -0.4 is 4.90 Å². The molecule has 2 aliphatic rings. The number of piperazine rings is 1. The van der Waals surface area contributed by atoms with E-state index in [1.807, 2.05) is 26.0 Å². The van der Waals surface area contributed by atoms with Crippen LogP contribution in [0, 0.1) is 6.92 Å². The maximum Gasteiger partial charge on any atom is 0.281 e. The number of benzene rings is 1. The number of likely N-dealkylation sites (tertiary alicyclic amines) is 1. The fourth-order valence-electron chi connectivity index (χ4n) is 4.56. The van der Waals surface area contributed by atoms with Crippen molar-refractivity contribution in [2.45, 2.75) is 70.0 Å². The van der Waals surface area contributed by atoms with E-state index in [-0.39, 0.29) is 11.9 Å². The molecule has 0 bridgehead atoms. The molecule has 3 atom stereocenters. The van der Waals surface area contributed by atoms with Gasteiger partial charge in [-0.3, -0.25) is 4.79 Å². The lowest BCUT2D eigenvalue weighted by atomic mass is 9.96. The van der Waals surface area contributed by atoms with E-state index in [2.05, 4.69) is 18.7 Å². The Labute approximate surface area is 169 Å². The Bertz CT molecular complexity index is 776. The number of carbonyl (C=O) groups excluding carboxylic acids is 1. The number of nitrogens with one attached hydrogen (secondary N) is 1. The summed E-state index contributed by atoms with van der Waals surface area (Å²) in [6.07, 6.45) is 3.32. The lowest BCUT2D eigenvalue weighted by Gasteiger charge is -2.42. The van der Waals surface area contributed by atoms with E-state index in [4.69, 9.17) is 0 Å². The van der Waals surface area contributed by atoms with Crippen LogP contribution in [0.3, 0.4) is 0 Å². The van der Waals surface area contributed by atoms with Crippen LogP contribution in [0.25, 0.3) is 0 Å². The van der Waals surface area contributed by atoms with Crippen molar-refractivity contribution in [2.75, 3.05) is 26.2 Å². The average molecular weight is 409 g/mol. The first-order chi connectivity index (χ1) is 13.2. The van der Waals surface area contributed by atoms with Crippen LogP contribution in [0.4, 0.5) is 0 Å². The molecule has 6 nitrogen and oxygen atoms in total. The largest absolute Gasteiger partial charge is 0.332 e. The standard InChI is InChI=1S/C21H33N3O3S/c1-16-8-10-20(11-9-16)28(26,27)23-14-12-22(13-15-23)19(4)21(25)24-17(2)6-5-7-18(24)3/h8-11,17-19H,5-7,12-15H2,1-4H3/p+1/t17-,18-,19+/m0/s1. The van der Waals surface area contributed by atoms with Crippen LogP contribution in [0.15, 0.2) is 29.2 Å². The summed E-state index contributed by atoms with van der Waals surface area (Å²) in [4.78, 5) is 16.7. The minimum atomic E-state index is -3.46. The maximum atomic E-state index is 13.1. The third-order valence-electron chi connectivity index (χ3n) is 6.45. The van der Waals surface area contributed by atoms with Gasteiger partial charge in [0.1, 0.15) is 0 Å². The molecular weight excluding hydrogens is 374 g/mol. The third-order valence-corrected chi connectivity index (χ3v) is 8.37. The molecule has 0 aliphatic carbocycles. The smallest absolute Gasteiger partial charge is 0.281 e. The molecule has 0 unspecified atom stereocenters. The molecule has 3 rings (SSSR count). The number of rotatable bonds is 4. The molecular formula is C21H34N3O3S+. The highest BCUT2D eigenvalue weighted by molar-refractivity contribution is 7.89. The van der Waals surface area contributed by atoms with E-state index < -0.39 is 10.0 Å². The maximum absolute atomic E-state index is 13.1. The summed E-state index contributed by atoms with van der Waals surface area (Å²) in [5, 5.41) is 0. The van der Waals surface area contributed by atoms with E-state index in [0.29, 0.717) is 43.2 Å². The Morgan fingerprint density at radius 2 is 1.61 bits per heavy atom. The number of sulfonamides is 1. The summed E-state index contributed by atoms with van der Waals surface area (Å²) in [6.45, 7) is 10.5. The Hall–Kier alpha value is -1.44. The number of nitrogens with zero attached hydrogens (tertiary/aromatic N) is 2. The van der Waals surface area contributed by atoms with Crippen molar-refractivity contribution in [3.8, 4) is 0 Å². The molecule has 2 fully saturated rings. The van der Waals surface area contributed by atoms with Crippen LogP contribution in [0.2, 0.25) is 0 Å². The van der Waals surface area contributed by atoms with Gasteiger partial charge in [-0.25, -0.2) is 8.42 Å². The zero-order valence-electron chi connectivity index (χ0n) is 17.5. The summed E-state index contributed by atoms with van der Waals surface area (Å²) >= 11 is 0. The van der Waals surface area contributed by atoms with E-state index in [1.165, 1.54) is 11.3 Å². The lowest BCUT2D eigenvalue weighted by Crippen LogP contribution is -3.19. The van der Waals surface area contributed by atoms with Crippen molar-refractivity contribution < 1.29 is 18.1 Å². The van der Waals surface area contributed by atoms with Gasteiger partial charge in [0.15, 0.2) is 6.04 Å². The summed E-state index contributed by atoms with van der Waals surface area (Å²) in [5.41, 5.74) is 1.04. The zero-order chi connectivity index (χ0) is 20.5. The first-order valence-electron chi connectivity index (χ1n) is 10.5. The fraction of sp³-hybridized carbons (Fsp3) is 0.667. The molecule has 0 aromatic heterocycles. The SMILES string of the molecule is Cc1ccc(S(=O)(=O)N2CC[NH+]([C@H](C)C(=O)N3[C@@H](C)CCC[C@@H]3C)CC2)cc1. The molecule has 0 spiro atoms. The molecule has 2 aliphatic heterocycles. The second-order valence-corrected chi connectivity index (χ2v) is 10.4. The first kappa shape index (κ1) is 21.3. The Balaban J connectivity index is 1.63. The quantitative estimate of drug-likeness (QED) is 0.811. The van der Waals surface area contributed by atoms with Crippen molar-refractivity contribution in [1.82, 2.24) is 9.21 Å². The number of amides is 1. The van der Waals surface area contributed by atoms with Crippen LogP contribution in [0.1, 0.15) is 45.6 Å². The molecule has 1 amide bonds. The molecule has 2 saturated heterocycles. The highest BCUT2D eigenvalue weighted by Gasteiger charge is 2.39. The van der Waals surface area contributed by atoms with Gasteiger partial charge in [-0.2, -0.15) is 4.31 Å². The van der Waals surface area contributed by atoms with Gasteiger partial charge in [0.05, 0.1) is 31.1 Å². The topological polar surface area (TPSA) is 62.1 Å². The van der Waals surface area contributed by atoms with Gasteiger partial charge in [0, 0.05) is 12.1 Å². The van der Waals surface area contributed by atoms with Gasteiger partial charge in [0.2, 0.25) is 10.0 Å². The number of hydrogen-bond acceptors (Lipinski definition) is 3. The Kier molecular flexibility index (Phi) is 6.47. The van der Waals surface area contributed by atoms with Gasteiger partial charge in [-0.15, -0.1) is 0 Å². The van der Waals surface area contributed by atoms with Crippen molar-refractivity contribution >= 4 is 15.9 Å². The predicted molar refractivity (Wildman–Crippen MR) is 110 cm³/mol. The van der Waals surface area contributed by atoms with E-state index in [1.54, 1.807) is 16.4 Å². The summed E-state index contributed by atoms with van der Waals surface area (Å²) in [6, 6.07) is 7.46. The van der Waals surface area contributed by atoms with Gasteiger partial charge in [-0.1, -0.05) is 17.7 Å². The predicted octanol–water partition coefficient (Wildman–Crippen LogP) is 1.06. The molecule has 1 aromatic carbocycles.